The second kappa shape index (κ2) is 13.2. The van der Waals surface area contributed by atoms with Gasteiger partial charge in [-0.25, -0.2) is 19.6 Å². The van der Waals surface area contributed by atoms with Gasteiger partial charge in [-0.15, -0.1) is 11.3 Å². The number of rotatable bonds is 3. The molecule has 0 amide bonds. The first kappa shape index (κ1) is 31.3. The number of carboxylic acids is 2. The number of hydrogen-bond donors (Lipinski definition) is 2. The minimum atomic E-state index is -5.08. The number of aromatic nitrogens is 2. The minimum Gasteiger partial charge on any atom is -0.475 e. The highest BCUT2D eigenvalue weighted by Gasteiger charge is 2.39. The summed E-state index contributed by atoms with van der Waals surface area (Å²) in [5.74, 6) is -4.61. The summed E-state index contributed by atoms with van der Waals surface area (Å²) < 4.78 is 63.5. The molecule has 0 radical (unpaired) electrons. The van der Waals surface area contributed by atoms with Crippen molar-refractivity contribution in [1.82, 2.24) is 14.9 Å². The van der Waals surface area contributed by atoms with E-state index < -0.39 is 24.3 Å². The SMILES string of the molecule is Cc1ccc(CN2CCC3(CC2)CCN(c2ncccn2)CC3)s1.O=C(O)C(F)(F)F.O=C(O)C(F)(F)F. The molecule has 38 heavy (non-hydrogen) atoms. The molecule has 2 saturated heterocycles. The molecule has 1 spiro atoms. The van der Waals surface area contributed by atoms with Gasteiger partial charge in [0, 0.05) is 41.8 Å². The molecule has 2 N–H and O–H groups in total. The lowest BCUT2D eigenvalue weighted by Gasteiger charge is -2.46. The van der Waals surface area contributed by atoms with Crippen LogP contribution in [0.4, 0.5) is 32.3 Å². The Hall–Kier alpha value is -2.94. The van der Waals surface area contributed by atoms with Gasteiger partial charge in [0.2, 0.25) is 5.95 Å². The van der Waals surface area contributed by atoms with E-state index in [1.807, 2.05) is 29.8 Å². The van der Waals surface area contributed by atoms with Crippen LogP contribution in [-0.2, 0) is 16.1 Å². The van der Waals surface area contributed by atoms with Crippen molar-refractivity contribution < 1.29 is 46.1 Å². The molecule has 15 heteroatoms. The third-order valence-corrected chi connectivity index (χ3v) is 7.22. The number of aliphatic carboxylic acids is 2. The van der Waals surface area contributed by atoms with Crippen molar-refractivity contribution in [2.24, 2.45) is 5.41 Å². The largest absolute Gasteiger partial charge is 0.490 e. The summed E-state index contributed by atoms with van der Waals surface area (Å²) in [6.45, 7) is 8.04. The van der Waals surface area contributed by atoms with Crippen molar-refractivity contribution in [2.75, 3.05) is 31.1 Å². The fourth-order valence-corrected chi connectivity index (χ4v) is 5.04. The maximum atomic E-state index is 10.6. The molecule has 4 rings (SSSR count). The Morgan fingerprint density at radius 3 is 1.74 bits per heavy atom. The average molecular weight is 571 g/mol. The molecule has 2 fully saturated rings. The smallest absolute Gasteiger partial charge is 0.475 e. The average Bonchev–Trinajstić information content (AvgIpc) is 3.26. The molecular weight excluding hydrogens is 542 g/mol. The van der Waals surface area contributed by atoms with Crippen LogP contribution in [0, 0.1) is 12.3 Å². The first-order valence-electron chi connectivity index (χ1n) is 11.5. The zero-order valence-corrected chi connectivity index (χ0v) is 21.2. The van der Waals surface area contributed by atoms with Gasteiger partial charge >= 0.3 is 24.3 Å². The van der Waals surface area contributed by atoms with Crippen LogP contribution >= 0.6 is 11.3 Å². The Morgan fingerprint density at radius 2 is 1.34 bits per heavy atom. The van der Waals surface area contributed by atoms with Crippen LogP contribution in [-0.4, -0.2) is 75.6 Å². The summed E-state index contributed by atoms with van der Waals surface area (Å²) in [6.07, 6.45) is -1.20. The maximum Gasteiger partial charge on any atom is 0.490 e. The Bertz CT molecular complexity index is 1010. The van der Waals surface area contributed by atoms with Gasteiger partial charge in [0.15, 0.2) is 0 Å². The van der Waals surface area contributed by atoms with Crippen LogP contribution in [0.3, 0.4) is 0 Å². The topological polar surface area (TPSA) is 107 Å². The lowest BCUT2D eigenvalue weighted by molar-refractivity contribution is -0.193. The van der Waals surface area contributed by atoms with E-state index in [1.165, 1.54) is 48.5 Å². The predicted octanol–water partition coefficient (Wildman–Crippen LogP) is 5.00. The zero-order valence-electron chi connectivity index (χ0n) is 20.4. The van der Waals surface area contributed by atoms with Crippen LogP contribution in [0.1, 0.15) is 35.4 Å². The van der Waals surface area contributed by atoms with Crippen LogP contribution in [0.5, 0.6) is 0 Å². The van der Waals surface area contributed by atoms with Crippen molar-refractivity contribution in [3.8, 4) is 0 Å². The molecule has 0 atom stereocenters. The van der Waals surface area contributed by atoms with Gasteiger partial charge in [0.05, 0.1) is 0 Å². The third kappa shape index (κ3) is 10.1. The molecule has 0 saturated carbocycles. The number of piperidine rings is 2. The highest BCUT2D eigenvalue weighted by atomic mass is 32.1. The van der Waals surface area contributed by atoms with Gasteiger partial charge in [-0.3, -0.25) is 4.90 Å². The molecule has 0 unspecified atom stereocenters. The predicted molar refractivity (Wildman–Crippen MR) is 127 cm³/mol. The number of alkyl halides is 6. The monoisotopic (exact) mass is 570 g/mol. The third-order valence-electron chi connectivity index (χ3n) is 6.24. The fraction of sp³-hybridized carbons (Fsp3) is 0.565. The van der Waals surface area contributed by atoms with Gasteiger partial charge in [0.25, 0.3) is 0 Å². The molecular formula is C23H28F6N4O4S. The van der Waals surface area contributed by atoms with Gasteiger partial charge in [-0.2, -0.15) is 26.3 Å². The second-order valence-electron chi connectivity index (χ2n) is 8.93. The molecule has 0 bridgehead atoms. The van der Waals surface area contributed by atoms with E-state index in [-0.39, 0.29) is 0 Å². The summed E-state index contributed by atoms with van der Waals surface area (Å²) >= 11 is 1.94. The molecule has 2 aromatic heterocycles. The molecule has 0 aliphatic carbocycles. The number of anilines is 1. The normalized spacial score (nSPS) is 17.6. The molecule has 2 aliphatic heterocycles. The zero-order chi connectivity index (χ0) is 28.6. The Kier molecular flexibility index (Phi) is 10.9. The van der Waals surface area contributed by atoms with Crippen molar-refractivity contribution in [2.45, 2.75) is 51.5 Å². The number of halogens is 6. The summed E-state index contributed by atoms with van der Waals surface area (Å²) in [5.41, 5.74) is 0.563. The van der Waals surface area contributed by atoms with Crippen molar-refractivity contribution in [3.05, 3.63) is 40.3 Å². The van der Waals surface area contributed by atoms with E-state index in [0.29, 0.717) is 5.41 Å². The number of likely N-dealkylation sites (tertiary alicyclic amines) is 1. The quantitative estimate of drug-likeness (QED) is 0.497. The summed E-state index contributed by atoms with van der Waals surface area (Å²) in [7, 11) is 0. The van der Waals surface area contributed by atoms with Crippen LogP contribution in [0.2, 0.25) is 0 Å². The number of carboxylic acid groups (broad SMARTS) is 2. The van der Waals surface area contributed by atoms with Crippen LogP contribution < -0.4 is 4.90 Å². The first-order chi connectivity index (χ1) is 17.6. The van der Waals surface area contributed by atoms with E-state index in [2.05, 4.69) is 38.8 Å². The lowest BCUT2D eigenvalue weighted by atomic mass is 9.71. The van der Waals surface area contributed by atoms with E-state index in [1.54, 1.807) is 0 Å². The number of hydrogen-bond acceptors (Lipinski definition) is 7. The number of thiophene rings is 1. The molecule has 212 valence electrons. The van der Waals surface area contributed by atoms with E-state index in [4.69, 9.17) is 19.8 Å². The Labute approximate surface area is 218 Å². The van der Waals surface area contributed by atoms with E-state index in [0.717, 1.165) is 25.6 Å². The van der Waals surface area contributed by atoms with E-state index in [9.17, 15) is 26.3 Å². The fourth-order valence-electron chi connectivity index (χ4n) is 4.11. The van der Waals surface area contributed by atoms with Crippen molar-refractivity contribution in [3.63, 3.8) is 0 Å². The highest BCUT2D eigenvalue weighted by Crippen LogP contribution is 2.42. The van der Waals surface area contributed by atoms with Crippen molar-refractivity contribution in [1.29, 1.82) is 0 Å². The van der Waals surface area contributed by atoms with Gasteiger partial charge < -0.3 is 15.1 Å². The standard InChI is InChI=1S/C19H26N4S.2C2HF3O2/c1-16-3-4-17(24-16)15-22-11-5-19(6-12-22)7-13-23(14-8-19)18-20-9-2-10-21-18;2*3-2(4,5)1(6)7/h2-4,9-10H,5-8,11-15H2,1H3;2*(H,6,7). The number of aryl methyl sites for hydroxylation is 1. The van der Waals surface area contributed by atoms with Gasteiger partial charge in [-0.05, 0) is 69.3 Å². The molecule has 8 nitrogen and oxygen atoms in total. The van der Waals surface area contributed by atoms with Gasteiger partial charge in [0.1, 0.15) is 0 Å². The molecule has 2 aromatic rings. The Morgan fingerprint density at radius 1 is 0.895 bits per heavy atom. The van der Waals surface area contributed by atoms with Crippen molar-refractivity contribution >= 4 is 29.2 Å². The number of carbonyl (C=O) groups is 2. The minimum absolute atomic E-state index is 0.563. The summed E-state index contributed by atoms with van der Waals surface area (Å²) in [6, 6.07) is 6.43. The summed E-state index contributed by atoms with van der Waals surface area (Å²) in [5, 5.41) is 14.2. The second-order valence-corrected chi connectivity index (χ2v) is 10.3. The molecule has 0 aromatic carbocycles. The molecule has 4 heterocycles. The van der Waals surface area contributed by atoms with E-state index >= 15 is 0 Å². The molecule has 2 aliphatic rings. The van der Waals surface area contributed by atoms with Crippen LogP contribution in [0.25, 0.3) is 0 Å². The van der Waals surface area contributed by atoms with Gasteiger partial charge in [-0.1, -0.05) is 0 Å². The van der Waals surface area contributed by atoms with Crippen LogP contribution in [0.15, 0.2) is 30.6 Å². The highest BCUT2D eigenvalue weighted by molar-refractivity contribution is 7.11. The first-order valence-corrected chi connectivity index (χ1v) is 12.3. The Balaban J connectivity index is 0.000000301. The maximum absolute atomic E-state index is 10.6. The lowest BCUT2D eigenvalue weighted by Crippen LogP contribution is -2.47. The summed E-state index contributed by atoms with van der Waals surface area (Å²) in [4.78, 5) is 34.5. The number of nitrogens with zero attached hydrogens (tertiary/aromatic N) is 4.